The molecule has 0 N–H and O–H groups in total. The number of halogens is 1. The lowest BCUT2D eigenvalue weighted by Gasteiger charge is -2.18. The summed E-state index contributed by atoms with van der Waals surface area (Å²) in [7, 11) is 2.07. The zero-order valence-electron chi connectivity index (χ0n) is 23.0. The van der Waals surface area contributed by atoms with Crippen molar-refractivity contribution in [3.8, 4) is 11.1 Å². The van der Waals surface area contributed by atoms with Crippen molar-refractivity contribution in [3.05, 3.63) is 138 Å². The van der Waals surface area contributed by atoms with Crippen LogP contribution in [0.3, 0.4) is 0 Å². The maximum absolute atomic E-state index is 6.03. The second-order valence-electron chi connectivity index (χ2n) is 10.6. The van der Waals surface area contributed by atoms with Crippen LogP contribution in [0.1, 0.15) is 24.0 Å². The Kier molecular flexibility index (Phi) is 7.78. The van der Waals surface area contributed by atoms with E-state index in [1.54, 1.807) is 0 Å². The molecule has 5 aromatic rings. The van der Waals surface area contributed by atoms with Gasteiger partial charge in [0.1, 0.15) is 0 Å². The standard InChI is InChI=1S/C35H35ClN4/c1-37(33-14-12-32(36)13-15-33)34-16-22-38(23-17-34)26-28-4-8-30(9-5-28)31-10-6-29(7-11-31)27-39-24-18-35(19-25-39)40-20-2-3-21-40/h4-19,22-25H,2-3,20-21,26-27H2,1H3/q+2. The molecule has 6 rings (SSSR count). The van der Waals surface area contributed by atoms with Crippen molar-refractivity contribution >= 4 is 28.7 Å². The molecule has 40 heavy (non-hydrogen) atoms. The summed E-state index contributed by atoms with van der Waals surface area (Å²) in [6, 6.07) is 34.5. The van der Waals surface area contributed by atoms with Crippen LogP contribution in [0.15, 0.2) is 122 Å². The number of hydrogen-bond donors (Lipinski definition) is 0. The van der Waals surface area contributed by atoms with Gasteiger partial charge in [-0.25, -0.2) is 9.13 Å². The van der Waals surface area contributed by atoms with Gasteiger partial charge < -0.3 is 9.80 Å². The third kappa shape index (κ3) is 6.19. The highest BCUT2D eigenvalue weighted by atomic mass is 35.5. The Morgan fingerprint density at radius 2 is 1.05 bits per heavy atom. The van der Waals surface area contributed by atoms with Crippen LogP contribution >= 0.6 is 11.6 Å². The van der Waals surface area contributed by atoms with E-state index in [1.807, 2.05) is 24.3 Å². The third-order valence-electron chi connectivity index (χ3n) is 7.79. The fourth-order valence-electron chi connectivity index (χ4n) is 5.36. The van der Waals surface area contributed by atoms with Crippen molar-refractivity contribution in [1.29, 1.82) is 0 Å². The van der Waals surface area contributed by atoms with E-state index in [9.17, 15) is 0 Å². The molecule has 1 aliphatic heterocycles. The molecule has 4 nitrogen and oxygen atoms in total. The topological polar surface area (TPSA) is 14.2 Å². The van der Waals surface area contributed by atoms with Crippen molar-refractivity contribution in [1.82, 2.24) is 0 Å². The van der Waals surface area contributed by atoms with Crippen molar-refractivity contribution in [2.45, 2.75) is 25.9 Å². The largest absolute Gasteiger partial charge is 0.371 e. The van der Waals surface area contributed by atoms with Gasteiger partial charge in [-0.15, -0.1) is 0 Å². The van der Waals surface area contributed by atoms with Crippen molar-refractivity contribution in [3.63, 3.8) is 0 Å². The molecule has 0 saturated carbocycles. The molecule has 5 heteroatoms. The molecule has 2 aromatic heterocycles. The molecule has 0 aliphatic carbocycles. The van der Waals surface area contributed by atoms with Crippen molar-refractivity contribution in [2.24, 2.45) is 0 Å². The van der Waals surface area contributed by atoms with Gasteiger partial charge in [-0.2, -0.15) is 0 Å². The average molecular weight is 547 g/mol. The van der Waals surface area contributed by atoms with E-state index < -0.39 is 0 Å². The van der Waals surface area contributed by atoms with Crippen LogP contribution in [-0.4, -0.2) is 20.1 Å². The van der Waals surface area contributed by atoms with Gasteiger partial charge in [0, 0.05) is 71.9 Å². The summed E-state index contributed by atoms with van der Waals surface area (Å²) in [5, 5.41) is 0.749. The molecule has 0 spiro atoms. The number of pyridine rings is 2. The van der Waals surface area contributed by atoms with E-state index >= 15 is 0 Å². The van der Waals surface area contributed by atoms with E-state index in [1.165, 1.54) is 53.9 Å². The number of nitrogens with zero attached hydrogens (tertiary/aromatic N) is 4. The minimum absolute atomic E-state index is 0.749. The Morgan fingerprint density at radius 3 is 1.55 bits per heavy atom. The summed E-state index contributed by atoms with van der Waals surface area (Å²) in [4.78, 5) is 4.63. The monoisotopic (exact) mass is 546 g/mol. The van der Waals surface area contributed by atoms with Crippen LogP contribution in [0.5, 0.6) is 0 Å². The lowest BCUT2D eigenvalue weighted by atomic mass is 10.0. The first-order valence-electron chi connectivity index (χ1n) is 14.0. The molecule has 0 amide bonds. The minimum Gasteiger partial charge on any atom is -0.371 e. The average Bonchev–Trinajstić information content (AvgIpc) is 3.54. The first-order chi connectivity index (χ1) is 19.6. The Balaban J connectivity index is 1.05. The lowest BCUT2D eigenvalue weighted by molar-refractivity contribution is -0.688. The van der Waals surface area contributed by atoms with E-state index in [0.717, 1.165) is 29.5 Å². The summed E-state index contributed by atoms with van der Waals surface area (Å²) in [5.74, 6) is 0. The van der Waals surface area contributed by atoms with Crippen molar-refractivity contribution in [2.75, 3.05) is 29.9 Å². The Labute approximate surface area is 242 Å². The number of rotatable bonds is 8. The SMILES string of the molecule is CN(c1ccc(Cl)cc1)c1cc[n+](Cc2ccc(-c3ccc(C[n+]4ccc(N5CCCC5)cc4)cc3)cc2)cc1. The number of aromatic nitrogens is 2. The van der Waals surface area contributed by atoms with Crippen LogP contribution in [0, 0.1) is 0 Å². The molecule has 1 fully saturated rings. The predicted octanol–water partition coefficient (Wildman–Crippen LogP) is 7.05. The highest BCUT2D eigenvalue weighted by Gasteiger charge is 2.14. The molecular formula is C35H35ClN4+2. The van der Waals surface area contributed by atoms with E-state index in [2.05, 4.69) is 124 Å². The lowest BCUT2D eigenvalue weighted by Crippen LogP contribution is -2.33. The van der Waals surface area contributed by atoms with Gasteiger partial charge in [0.2, 0.25) is 0 Å². The third-order valence-corrected chi connectivity index (χ3v) is 8.04. The minimum atomic E-state index is 0.749. The van der Waals surface area contributed by atoms with Gasteiger partial charge in [-0.05, 0) is 48.2 Å². The van der Waals surface area contributed by atoms with Crippen LogP contribution in [0.25, 0.3) is 11.1 Å². The normalized spacial score (nSPS) is 13.0. The van der Waals surface area contributed by atoms with Crippen LogP contribution in [0.4, 0.5) is 17.1 Å². The molecule has 1 aliphatic rings. The second kappa shape index (κ2) is 11.9. The molecule has 3 aromatic carbocycles. The van der Waals surface area contributed by atoms with Gasteiger partial charge in [-0.3, -0.25) is 0 Å². The highest BCUT2D eigenvalue weighted by Crippen LogP contribution is 2.24. The van der Waals surface area contributed by atoms with Crippen molar-refractivity contribution < 1.29 is 9.13 Å². The fraction of sp³-hybridized carbons (Fsp3) is 0.200. The summed E-state index contributed by atoms with van der Waals surface area (Å²) >= 11 is 6.03. The van der Waals surface area contributed by atoms with Gasteiger partial charge in [0.05, 0.1) is 5.69 Å². The molecule has 0 bridgehead atoms. The quantitative estimate of drug-likeness (QED) is 0.194. The molecule has 0 unspecified atom stereocenters. The summed E-state index contributed by atoms with van der Waals surface area (Å²) < 4.78 is 4.46. The second-order valence-corrected chi connectivity index (χ2v) is 11.0. The van der Waals surface area contributed by atoms with Crippen LogP contribution < -0.4 is 18.9 Å². The highest BCUT2D eigenvalue weighted by molar-refractivity contribution is 6.30. The maximum Gasteiger partial charge on any atom is 0.173 e. The first kappa shape index (κ1) is 26.1. The number of benzene rings is 3. The predicted molar refractivity (Wildman–Crippen MR) is 164 cm³/mol. The van der Waals surface area contributed by atoms with E-state index in [4.69, 9.17) is 11.6 Å². The van der Waals surface area contributed by atoms with Gasteiger partial charge in [0.15, 0.2) is 37.9 Å². The first-order valence-corrected chi connectivity index (χ1v) is 14.4. The fourth-order valence-corrected chi connectivity index (χ4v) is 5.49. The zero-order chi connectivity index (χ0) is 27.3. The summed E-state index contributed by atoms with van der Waals surface area (Å²) in [6.45, 7) is 4.08. The molecule has 200 valence electrons. The van der Waals surface area contributed by atoms with E-state index in [-0.39, 0.29) is 0 Å². The maximum atomic E-state index is 6.03. The molecule has 1 saturated heterocycles. The number of anilines is 3. The summed E-state index contributed by atoms with van der Waals surface area (Å²) in [6.07, 6.45) is 11.3. The molecule has 0 atom stereocenters. The molecule has 3 heterocycles. The smallest absolute Gasteiger partial charge is 0.173 e. The Hall–Kier alpha value is -4.15. The van der Waals surface area contributed by atoms with Gasteiger partial charge in [0.25, 0.3) is 0 Å². The zero-order valence-corrected chi connectivity index (χ0v) is 23.7. The Morgan fingerprint density at radius 1 is 0.600 bits per heavy atom. The van der Waals surface area contributed by atoms with Gasteiger partial charge >= 0.3 is 0 Å². The summed E-state index contributed by atoms with van der Waals surface area (Å²) in [5.41, 5.74) is 8.64. The Bertz CT molecular complexity index is 1520. The van der Waals surface area contributed by atoms with E-state index in [0.29, 0.717) is 0 Å². The molecule has 0 radical (unpaired) electrons. The number of hydrogen-bond acceptors (Lipinski definition) is 2. The van der Waals surface area contributed by atoms with Crippen LogP contribution in [0.2, 0.25) is 5.02 Å². The molecular weight excluding hydrogens is 512 g/mol. The van der Waals surface area contributed by atoms with Crippen LogP contribution in [-0.2, 0) is 13.1 Å². The van der Waals surface area contributed by atoms with Gasteiger partial charge in [-0.1, -0.05) is 60.1 Å².